The molecule has 2 N–H and O–H groups in total. The number of amides is 2. The van der Waals surface area contributed by atoms with Crippen molar-refractivity contribution in [2.24, 2.45) is 5.10 Å². The maximum Gasteiger partial charge on any atom is 0.417 e. The second-order valence-corrected chi connectivity index (χ2v) is 8.80. The summed E-state index contributed by atoms with van der Waals surface area (Å²) in [6, 6.07) is 12.6. The third kappa shape index (κ3) is 6.66. The van der Waals surface area contributed by atoms with Gasteiger partial charge in [-0.25, -0.2) is 5.43 Å². The Labute approximate surface area is 222 Å². The first-order chi connectivity index (χ1) is 17.0. The molecule has 36 heavy (non-hydrogen) atoms. The molecule has 0 saturated heterocycles. The van der Waals surface area contributed by atoms with Crippen molar-refractivity contribution in [2.45, 2.75) is 6.18 Å². The number of carbonyl (C=O) groups excluding carboxylic acids is 2. The fraction of sp³-hybridized carbons (Fsp3) is 0.125. The number of hydrogen-bond acceptors (Lipinski definition) is 5. The number of methoxy groups -OCH3 is 2. The lowest BCUT2D eigenvalue weighted by atomic mass is 10.1. The number of carbonyl (C=O) groups is 2. The summed E-state index contributed by atoms with van der Waals surface area (Å²) in [5.41, 5.74) is 1.89. The van der Waals surface area contributed by atoms with E-state index in [4.69, 9.17) is 21.1 Å². The van der Waals surface area contributed by atoms with E-state index in [-0.39, 0.29) is 22.4 Å². The second-order valence-electron chi connectivity index (χ2n) is 7.15. The molecule has 0 aromatic heterocycles. The normalized spacial score (nSPS) is 11.3. The van der Waals surface area contributed by atoms with Gasteiger partial charge in [-0.15, -0.1) is 0 Å². The van der Waals surface area contributed by atoms with Crippen molar-refractivity contribution in [3.05, 3.63) is 85.4 Å². The predicted molar refractivity (Wildman–Crippen MR) is 138 cm³/mol. The van der Waals surface area contributed by atoms with Crippen LogP contribution in [0.2, 0.25) is 5.02 Å². The molecule has 0 aliphatic carbocycles. The van der Waals surface area contributed by atoms with E-state index in [0.29, 0.717) is 15.1 Å². The lowest BCUT2D eigenvalue weighted by Gasteiger charge is -2.12. The molecule has 12 heteroatoms. The van der Waals surface area contributed by atoms with Gasteiger partial charge in [-0.2, -0.15) is 18.3 Å². The van der Waals surface area contributed by atoms with Crippen molar-refractivity contribution >= 4 is 57.9 Å². The van der Waals surface area contributed by atoms with E-state index in [9.17, 15) is 22.8 Å². The molecule has 3 aromatic carbocycles. The molecule has 3 rings (SSSR count). The highest BCUT2D eigenvalue weighted by Gasteiger charge is 2.33. The van der Waals surface area contributed by atoms with Crippen molar-refractivity contribution < 1.29 is 32.2 Å². The van der Waals surface area contributed by atoms with Gasteiger partial charge in [0.15, 0.2) is 11.5 Å². The molecule has 0 unspecified atom stereocenters. The number of hydrogen-bond donors (Lipinski definition) is 2. The van der Waals surface area contributed by atoms with Crippen LogP contribution in [0.1, 0.15) is 31.8 Å². The van der Waals surface area contributed by atoms with Crippen LogP contribution in [0.3, 0.4) is 0 Å². The first kappa shape index (κ1) is 27.3. The lowest BCUT2D eigenvalue weighted by molar-refractivity contribution is -0.137. The first-order valence-electron chi connectivity index (χ1n) is 10.1. The number of anilines is 1. The van der Waals surface area contributed by atoms with Gasteiger partial charge in [-0.1, -0.05) is 17.7 Å². The van der Waals surface area contributed by atoms with Crippen LogP contribution in [0.5, 0.6) is 11.5 Å². The summed E-state index contributed by atoms with van der Waals surface area (Å²) in [6.07, 6.45) is -3.58. The average Bonchev–Trinajstić information content (AvgIpc) is 2.84. The molecule has 0 bridgehead atoms. The van der Waals surface area contributed by atoms with Gasteiger partial charge < -0.3 is 14.8 Å². The van der Waals surface area contributed by atoms with Gasteiger partial charge in [-0.3, -0.25) is 9.59 Å². The maximum atomic E-state index is 13.0. The van der Waals surface area contributed by atoms with E-state index >= 15 is 0 Å². The van der Waals surface area contributed by atoms with Crippen molar-refractivity contribution in [3.8, 4) is 11.5 Å². The Bertz CT molecular complexity index is 1330. The average molecular weight is 632 g/mol. The highest BCUT2D eigenvalue weighted by molar-refractivity contribution is 14.1. The Kier molecular flexibility index (Phi) is 8.79. The Morgan fingerprint density at radius 2 is 1.69 bits per heavy atom. The number of nitrogens with zero attached hydrogens (tertiary/aromatic N) is 1. The van der Waals surface area contributed by atoms with E-state index < -0.39 is 28.6 Å². The number of alkyl halides is 3. The summed E-state index contributed by atoms with van der Waals surface area (Å²) in [5.74, 6) is -0.381. The highest BCUT2D eigenvalue weighted by atomic mass is 127. The quantitative estimate of drug-likeness (QED) is 0.190. The maximum absolute atomic E-state index is 13.0. The van der Waals surface area contributed by atoms with Gasteiger partial charge in [0, 0.05) is 9.13 Å². The SMILES string of the molecule is COc1ccc(C(=O)Nc2ccc(I)cc2C(=O)NN=Cc2ccc(Cl)c(C(F)(F)F)c2)cc1OC. The second kappa shape index (κ2) is 11.6. The van der Waals surface area contributed by atoms with Crippen LogP contribution in [-0.2, 0) is 6.18 Å². The fourth-order valence-electron chi connectivity index (χ4n) is 3.05. The molecule has 0 aliphatic heterocycles. The number of ether oxygens (including phenoxy) is 2. The molecule has 188 valence electrons. The predicted octanol–water partition coefficient (Wildman–Crippen LogP) is 6.00. The number of halogens is 5. The zero-order valence-electron chi connectivity index (χ0n) is 18.7. The molecule has 2 amide bonds. The smallest absolute Gasteiger partial charge is 0.417 e. The van der Waals surface area contributed by atoms with E-state index in [1.165, 1.54) is 38.5 Å². The molecule has 3 aromatic rings. The van der Waals surface area contributed by atoms with Crippen LogP contribution in [0.25, 0.3) is 0 Å². The minimum Gasteiger partial charge on any atom is -0.493 e. The van der Waals surface area contributed by atoms with Crippen molar-refractivity contribution in [1.82, 2.24) is 5.43 Å². The molecule has 0 fully saturated rings. The summed E-state index contributed by atoms with van der Waals surface area (Å²) in [6.45, 7) is 0. The number of hydrazone groups is 1. The number of rotatable bonds is 7. The Hall–Kier alpha value is -3.32. The van der Waals surface area contributed by atoms with E-state index in [2.05, 4.69) is 15.8 Å². The summed E-state index contributed by atoms with van der Waals surface area (Å²) >= 11 is 7.61. The number of benzene rings is 3. The van der Waals surface area contributed by atoms with Gasteiger partial charge in [0.2, 0.25) is 0 Å². The Morgan fingerprint density at radius 1 is 0.972 bits per heavy atom. The zero-order chi connectivity index (χ0) is 26.5. The molecule has 0 spiro atoms. The van der Waals surface area contributed by atoms with Crippen molar-refractivity contribution in [3.63, 3.8) is 0 Å². The van der Waals surface area contributed by atoms with Crippen LogP contribution in [-0.4, -0.2) is 32.2 Å². The summed E-state index contributed by atoms with van der Waals surface area (Å²) < 4.78 is 50.2. The topological polar surface area (TPSA) is 89.0 Å². The monoisotopic (exact) mass is 631 g/mol. The Morgan fingerprint density at radius 3 is 2.36 bits per heavy atom. The van der Waals surface area contributed by atoms with Gasteiger partial charge in [0.05, 0.1) is 42.3 Å². The number of nitrogens with one attached hydrogen (secondary N) is 2. The van der Waals surface area contributed by atoms with E-state index in [0.717, 1.165) is 18.3 Å². The van der Waals surface area contributed by atoms with Crippen LogP contribution in [0.4, 0.5) is 18.9 Å². The van der Waals surface area contributed by atoms with Crippen LogP contribution in [0, 0.1) is 3.57 Å². The third-order valence-electron chi connectivity index (χ3n) is 4.80. The van der Waals surface area contributed by atoms with Gasteiger partial charge in [0.25, 0.3) is 11.8 Å². The van der Waals surface area contributed by atoms with Crippen LogP contribution in [0.15, 0.2) is 59.7 Å². The molecule has 0 radical (unpaired) electrons. The minimum absolute atomic E-state index is 0.0802. The molecular weight excluding hydrogens is 614 g/mol. The third-order valence-corrected chi connectivity index (χ3v) is 5.80. The van der Waals surface area contributed by atoms with Gasteiger partial charge in [-0.05, 0) is 76.7 Å². The summed E-state index contributed by atoms with van der Waals surface area (Å²) in [7, 11) is 2.91. The van der Waals surface area contributed by atoms with Gasteiger partial charge >= 0.3 is 6.18 Å². The van der Waals surface area contributed by atoms with Crippen LogP contribution >= 0.6 is 34.2 Å². The van der Waals surface area contributed by atoms with E-state index in [1.54, 1.807) is 18.2 Å². The largest absolute Gasteiger partial charge is 0.493 e. The standard InChI is InChI=1S/C24H18ClF3IN3O4/c1-35-20-8-4-14(10-21(20)36-2)22(33)31-19-7-5-15(29)11-16(19)23(34)32-30-12-13-3-6-18(25)17(9-13)24(26,27)28/h3-12H,1-2H3,(H,31,33)(H,32,34). The molecule has 0 atom stereocenters. The highest BCUT2D eigenvalue weighted by Crippen LogP contribution is 2.35. The van der Waals surface area contributed by atoms with E-state index in [1.807, 2.05) is 22.6 Å². The molecular formula is C24H18ClF3IN3O4. The Balaban J connectivity index is 1.79. The summed E-state index contributed by atoms with van der Waals surface area (Å²) in [4.78, 5) is 25.6. The minimum atomic E-state index is -4.63. The summed E-state index contributed by atoms with van der Waals surface area (Å²) in [5, 5.41) is 5.96. The van der Waals surface area contributed by atoms with Crippen LogP contribution < -0.4 is 20.2 Å². The fourth-order valence-corrected chi connectivity index (χ4v) is 3.77. The van der Waals surface area contributed by atoms with Gasteiger partial charge in [0.1, 0.15) is 0 Å². The lowest BCUT2D eigenvalue weighted by Crippen LogP contribution is -2.21. The first-order valence-corrected chi connectivity index (χ1v) is 11.5. The van der Waals surface area contributed by atoms with Crippen molar-refractivity contribution in [1.29, 1.82) is 0 Å². The molecule has 0 heterocycles. The molecule has 7 nitrogen and oxygen atoms in total. The molecule has 0 aliphatic rings. The van der Waals surface area contributed by atoms with Crippen molar-refractivity contribution in [2.75, 3.05) is 19.5 Å². The zero-order valence-corrected chi connectivity index (χ0v) is 21.7. The molecule has 0 saturated carbocycles.